The molecule has 0 saturated heterocycles. The second-order valence-electron chi connectivity index (χ2n) is 5.99. The van der Waals surface area contributed by atoms with Gasteiger partial charge in [0, 0.05) is 11.1 Å². The molecule has 1 fully saturated rings. The van der Waals surface area contributed by atoms with Gasteiger partial charge in [-0.1, -0.05) is 18.0 Å². The summed E-state index contributed by atoms with van der Waals surface area (Å²) in [5, 5.41) is 4.10. The molecule has 1 saturated carbocycles. The highest BCUT2D eigenvalue weighted by Crippen LogP contribution is 2.38. The minimum atomic E-state index is -0.262. The van der Waals surface area contributed by atoms with Crippen molar-refractivity contribution < 1.29 is 9.26 Å². The first-order valence-electron chi connectivity index (χ1n) is 7.37. The number of nitrogens with zero attached hydrogens (tertiary/aromatic N) is 2. The van der Waals surface area contributed by atoms with Crippen molar-refractivity contribution in [2.75, 3.05) is 7.11 Å². The van der Waals surface area contributed by atoms with Gasteiger partial charge in [-0.3, -0.25) is 0 Å². The van der Waals surface area contributed by atoms with Crippen LogP contribution in [-0.2, 0) is 0 Å². The summed E-state index contributed by atoms with van der Waals surface area (Å²) in [6.07, 6.45) is 4.34. The summed E-state index contributed by atoms with van der Waals surface area (Å²) < 4.78 is 10.6. The first-order valence-corrected chi connectivity index (χ1v) is 7.37. The molecular weight excluding hydrogens is 302 g/mol. The van der Waals surface area contributed by atoms with E-state index in [0.29, 0.717) is 11.7 Å². The van der Waals surface area contributed by atoms with Crippen molar-refractivity contribution in [1.29, 1.82) is 0 Å². The average molecular weight is 324 g/mol. The molecule has 2 unspecified atom stereocenters. The number of ether oxygens (including phenoxy) is 1. The molecule has 2 atom stereocenters. The molecule has 2 N–H and O–H groups in total. The van der Waals surface area contributed by atoms with Crippen LogP contribution in [0.1, 0.15) is 44.4 Å². The Kier molecular flexibility index (Phi) is 5.08. The van der Waals surface area contributed by atoms with Crippen LogP contribution in [0.25, 0.3) is 11.4 Å². The Balaban J connectivity index is 0.00000176. The van der Waals surface area contributed by atoms with Gasteiger partial charge in [-0.05, 0) is 44.0 Å². The molecule has 1 aliphatic rings. The van der Waals surface area contributed by atoms with E-state index in [1.807, 2.05) is 24.3 Å². The van der Waals surface area contributed by atoms with Crippen molar-refractivity contribution in [3.8, 4) is 17.1 Å². The van der Waals surface area contributed by atoms with Crippen LogP contribution in [0.5, 0.6) is 5.75 Å². The average Bonchev–Trinajstić information content (AvgIpc) is 2.96. The first kappa shape index (κ1) is 16.8. The van der Waals surface area contributed by atoms with Gasteiger partial charge in [-0.2, -0.15) is 4.98 Å². The van der Waals surface area contributed by atoms with Gasteiger partial charge in [0.25, 0.3) is 0 Å². The maximum absolute atomic E-state index is 6.40. The molecule has 22 heavy (non-hydrogen) atoms. The van der Waals surface area contributed by atoms with Gasteiger partial charge in [0.15, 0.2) is 0 Å². The van der Waals surface area contributed by atoms with Gasteiger partial charge in [0.1, 0.15) is 5.75 Å². The monoisotopic (exact) mass is 323 g/mol. The maximum atomic E-state index is 6.40. The van der Waals surface area contributed by atoms with E-state index in [0.717, 1.165) is 30.6 Å². The summed E-state index contributed by atoms with van der Waals surface area (Å²) in [5.74, 6) is 2.22. The standard InChI is InChI=1S/C16H21N3O2.ClH/c1-16(17)10-4-3-5-13(16)15-18-14(19-21-15)11-6-8-12(20-2)9-7-11;/h6-9,13H,3-5,10,17H2,1-2H3;1H. The lowest BCUT2D eigenvalue weighted by molar-refractivity contribution is 0.223. The number of rotatable bonds is 3. The predicted molar refractivity (Wildman–Crippen MR) is 87.3 cm³/mol. The molecule has 120 valence electrons. The quantitative estimate of drug-likeness (QED) is 0.935. The third kappa shape index (κ3) is 3.25. The molecule has 1 aromatic heterocycles. The van der Waals surface area contributed by atoms with Crippen molar-refractivity contribution >= 4 is 12.4 Å². The molecule has 3 rings (SSSR count). The molecule has 0 aliphatic heterocycles. The second-order valence-corrected chi connectivity index (χ2v) is 5.99. The van der Waals surface area contributed by atoms with Crippen molar-refractivity contribution in [2.45, 2.75) is 44.1 Å². The van der Waals surface area contributed by atoms with Gasteiger partial charge < -0.3 is 15.0 Å². The van der Waals surface area contributed by atoms with Gasteiger partial charge in [0.05, 0.1) is 13.0 Å². The van der Waals surface area contributed by atoms with Gasteiger partial charge in [0.2, 0.25) is 11.7 Å². The highest BCUT2D eigenvalue weighted by atomic mass is 35.5. The smallest absolute Gasteiger partial charge is 0.231 e. The van der Waals surface area contributed by atoms with Crippen LogP contribution in [0.3, 0.4) is 0 Å². The Morgan fingerprint density at radius 1 is 1.27 bits per heavy atom. The number of benzene rings is 1. The lowest BCUT2D eigenvalue weighted by atomic mass is 9.74. The lowest BCUT2D eigenvalue weighted by Crippen LogP contribution is -2.44. The lowest BCUT2D eigenvalue weighted by Gasteiger charge is -2.35. The summed E-state index contributed by atoms with van der Waals surface area (Å²) in [7, 11) is 1.65. The molecule has 1 aromatic carbocycles. The molecule has 2 aromatic rings. The topological polar surface area (TPSA) is 74.2 Å². The summed E-state index contributed by atoms with van der Waals surface area (Å²) >= 11 is 0. The summed E-state index contributed by atoms with van der Waals surface area (Å²) in [5.41, 5.74) is 7.05. The Morgan fingerprint density at radius 3 is 2.64 bits per heavy atom. The van der Waals surface area contributed by atoms with Gasteiger partial charge in [-0.25, -0.2) is 0 Å². The molecule has 0 bridgehead atoms. The first-order chi connectivity index (χ1) is 10.1. The summed E-state index contributed by atoms with van der Waals surface area (Å²) in [6.45, 7) is 2.08. The van der Waals surface area contributed by atoms with Crippen LogP contribution in [-0.4, -0.2) is 22.8 Å². The number of methoxy groups -OCH3 is 1. The van der Waals surface area contributed by atoms with Crippen LogP contribution in [0.4, 0.5) is 0 Å². The van der Waals surface area contributed by atoms with Crippen LogP contribution in [0.15, 0.2) is 28.8 Å². The minimum Gasteiger partial charge on any atom is -0.497 e. The van der Waals surface area contributed by atoms with Crippen LogP contribution in [0.2, 0.25) is 0 Å². The molecule has 1 aliphatic carbocycles. The fourth-order valence-electron chi connectivity index (χ4n) is 3.00. The van der Waals surface area contributed by atoms with Crippen molar-refractivity contribution in [2.24, 2.45) is 5.73 Å². The van der Waals surface area contributed by atoms with E-state index in [4.69, 9.17) is 15.0 Å². The zero-order valence-corrected chi connectivity index (χ0v) is 13.7. The minimum absolute atomic E-state index is 0. The molecular formula is C16H22ClN3O2. The van der Waals surface area contributed by atoms with E-state index in [2.05, 4.69) is 17.1 Å². The second kappa shape index (κ2) is 6.67. The van der Waals surface area contributed by atoms with E-state index in [1.165, 1.54) is 6.42 Å². The Hall–Kier alpha value is -1.59. The molecule has 0 radical (unpaired) electrons. The van der Waals surface area contributed by atoms with Crippen LogP contribution >= 0.6 is 12.4 Å². The van der Waals surface area contributed by atoms with Gasteiger partial charge in [-0.15, -0.1) is 12.4 Å². The number of nitrogens with two attached hydrogens (primary N) is 1. The van der Waals surface area contributed by atoms with Crippen LogP contribution < -0.4 is 10.5 Å². The zero-order chi connectivity index (χ0) is 14.9. The summed E-state index contributed by atoms with van der Waals surface area (Å²) in [6, 6.07) is 7.63. The molecule has 1 heterocycles. The van der Waals surface area contributed by atoms with Crippen molar-refractivity contribution in [1.82, 2.24) is 10.1 Å². The number of hydrogen-bond donors (Lipinski definition) is 1. The van der Waals surface area contributed by atoms with E-state index < -0.39 is 0 Å². The fraction of sp³-hybridized carbons (Fsp3) is 0.500. The Morgan fingerprint density at radius 2 is 2.00 bits per heavy atom. The van der Waals surface area contributed by atoms with Gasteiger partial charge >= 0.3 is 0 Å². The van der Waals surface area contributed by atoms with Crippen LogP contribution in [0, 0.1) is 0 Å². The SMILES string of the molecule is COc1ccc(-c2noc(C3CCCCC3(C)N)n2)cc1.Cl. The van der Waals surface area contributed by atoms with Crippen molar-refractivity contribution in [3.05, 3.63) is 30.2 Å². The fourth-order valence-corrected chi connectivity index (χ4v) is 3.00. The predicted octanol–water partition coefficient (Wildman–Crippen LogP) is 3.54. The van der Waals surface area contributed by atoms with E-state index >= 15 is 0 Å². The van der Waals surface area contributed by atoms with E-state index in [9.17, 15) is 0 Å². The molecule has 0 amide bonds. The Bertz CT molecular complexity index is 610. The highest BCUT2D eigenvalue weighted by Gasteiger charge is 2.37. The molecule has 6 heteroatoms. The highest BCUT2D eigenvalue weighted by molar-refractivity contribution is 5.85. The van der Waals surface area contributed by atoms with E-state index in [1.54, 1.807) is 7.11 Å². The normalized spacial score (nSPS) is 24.6. The number of hydrogen-bond acceptors (Lipinski definition) is 5. The largest absolute Gasteiger partial charge is 0.497 e. The third-order valence-corrected chi connectivity index (χ3v) is 4.34. The zero-order valence-electron chi connectivity index (χ0n) is 12.9. The third-order valence-electron chi connectivity index (χ3n) is 4.34. The number of aromatic nitrogens is 2. The summed E-state index contributed by atoms with van der Waals surface area (Å²) in [4.78, 5) is 4.56. The Labute approximate surface area is 136 Å². The van der Waals surface area contributed by atoms with E-state index in [-0.39, 0.29) is 23.9 Å². The molecule has 0 spiro atoms. The number of halogens is 1. The van der Waals surface area contributed by atoms with Crippen molar-refractivity contribution in [3.63, 3.8) is 0 Å². The molecule has 5 nitrogen and oxygen atoms in total. The maximum Gasteiger partial charge on any atom is 0.231 e.